The number of esters is 1. The lowest BCUT2D eigenvalue weighted by molar-refractivity contribution is -0.339. The summed E-state index contributed by atoms with van der Waals surface area (Å²) in [7, 11) is 1.19. The minimum Gasteiger partial charge on any atom is -0.504 e. The van der Waals surface area contributed by atoms with Crippen LogP contribution >= 0.6 is 0 Å². The van der Waals surface area contributed by atoms with Gasteiger partial charge in [0.2, 0.25) is 12.0 Å². The first-order chi connectivity index (χ1) is 17.1. The van der Waals surface area contributed by atoms with E-state index < -0.39 is 78.7 Å². The monoisotopic (exact) mass is 514 g/mol. The fourth-order valence-corrected chi connectivity index (χ4v) is 4.06. The second-order valence-corrected chi connectivity index (χ2v) is 8.27. The first-order valence-corrected chi connectivity index (χ1v) is 11.0. The molecule has 2 aliphatic heterocycles. The molecule has 2 aliphatic rings. The molecule has 36 heavy (non-hydrogen) atoms. The molecule has 8 atom stereocenters. The molecule has 1 saturated heterocycles. The van der Waals surface area contributed by atoms with Crippen LogP contribution in [-0.2, 0) is 23.7 Å². The molecule has 1 aromatic rings. The predicted molar refractivity (Wildman–Crippen MR) is 119 cm³/mol. The van der Waals surface area contributed by atoms with Crippen molar-refractivity contribution in [2.75, 3.05) is 20.3 Å². The van der Waals surface area contributed by atoms with Gasteiger partial charge in [0, 0.05) is 24.0 Å². The van der Waals surface area contributed by atoms with Crippen LogP contribution in [0.1, 0.15) is 6.42 Å². The van der Waals surface area contributed by atoms with Crippen LogP contribution in [0.25, 0.3) is 0 Å². The number of aromatic hydroxyl groups is 3. The molecule has 200 valence electrons. The lowest BCUT2D eigenvalue weighted by Gasteiger charge is -2.43. The summed E-state index contributed by atoms with van der Waals surface area (Å²) in [5.74, 6) is -3.84. The fraction of sp³-hybridized carbons (Fsp3) is 0.522. The molecule has 7 N–H and O–H groups in total. The van der Waals surface area contributed by atoms with Crippen molar-refractivity contribution in [3.05, 3.63) is 36.6 Å². The number of aliphatic hydroxyl groups is 4. The standard InChI is InChI=1S/C23H30O13/c1-3-11-12(4-5-33-10-6-14(25)17(27)15(26)7-10)13(21(31)32-2)9-34-22(11)36-23-20(30)19(29)18(28)16(8-24)35-23/h3,6-7,9,11-12,16,18-20,22-30H,1,4-5,8H2,2H3/t11-,12-,16-,18+,19-,20-,22-,23-/m0/s1. The SMILES string of the molecule is C=C[C@@H]1[C@H](O[C@@H]2O[C@@H](CO)[C@@H](O)[C@H](O)[C@@H]2O)OC=C(C(=O)OC)[C@H]1CCOc1cc(O)c(O)c(O)c1. The lowest BCUT2D eigenvalue weighted by Crippen LogP contribution is -2.60. The molecular formula is C23H30O13. The van der Waals surface area contributed by atoms with Crippen molar-refractivity contribution in [3.63, 3.8) is 0 Å². The zero-order chi connectivity index (χ0) is 26.6. The maximum atomic E-state index is 12.4. The molecule has 1 fully saturated rings. The van der Waals surface area contributed by atoms with Crippen molar-refractivity contribution in [3.8, 4) is 23.0 Å². The first kappa shape index (κ1) is 27.5. The van der Waals surface area contributed by atoms with E-state index in [0.29, 0.717) is 0 Å². The summed E-state index contributed by atoms with van der Waals surface area (Å²) in [5, 5.41) is 68.5. The van der Waals surface area contributed by atoms with Gasteiger partial charge in [0.25, 0.3) is 0 Å². The lowest BCUT2D eigenvalue weighted by atomic mass is 9.82. The molecule has 1 aromatic carbocycles. The van der Waals surface area contributed by atoms with Gasteiger partial charge in [-0.05, 0) is 6.42 Å². The van der Waals surface area contributed by atoms with Crippen molar-refractivity contribution in [2.24, 2.45) is 11.8 Å². The molecule has 0 unspecified atom stereocenters. The van der Waals surface area contributed by atoms with Crippen LogP contribution in [0.3, 0.4) is 0 Å². The number of carbonyl (C=O) groups excluding carboxylic acids is 1. The van der Waals surface area contributed by atoms with Crippen LogP contribution in [0.5, 0.6) is 23.0 Å². The number of carbonyl (C=O) groups is 1. The van der Waals surface area contributed by atoms with E-state index in [-0.39, 0.29) is 24.4 Å². The molecular weight excluding hydrogens is 484 g/mol. The number of hydrogen-bond donors (Lipinski definition) is 7. The maximum absolute atomic E-state index is 12.4. The third kappa shape index (κ3) is 5.67. The Morgan fingerprint density at radius 1 is 1.08 bits per heavy atom. The minimum atomic E-state index is -1.67. The number of hydrogen-bond acceptors (Lipinski definition) is 13. The Balaban J connectivity index is 1.76. The quantitative estimate of drug-likeness (QED) is 0.123. The smallest absolute Gasteiger partial charge is 0.337 e. The highest BCUT2D eigenvalue weighted by Crippen LogP contribution is 2.40. The van der Waals surface area contributed by atoms with Crippen LogP contribution in [-0.4, -0.2) is 99.0 Å². The Labute approximate surface area is 206 Å². The third-order valence-electron chi connectivity index (χ3n) is 6.06. The normalized spacial score (nSPS) is 32.2. The minimum absolute atomic E-state index is 0.0280. The van der Waals surface area contributed by atoms with Crippen LogP contribution < -0.4 is 4.74 Å². The Kier molecular flexibility index (Phi) is 9.00. The summed E-state index contributed by atoms with van der Waals surface area (Å²) >= 11 is 0. The molecule has 0 aromatic heterocycles. The molecule has 13 nitrogen and oxygen atoms in total. The summed E-state index contributed by atoms with van der Waals surface area (Å²) in [6.45, 7) is 3.10. The summed E-state index contributed by atoms with van der Waals surface area (Å²) in [5.41, 5.74) is 0.135. The maximum Gasteiger partial charge on any atom is 0.337 e. The molecule has 0 spiro atoms. The summed E-state index contributed by atoms with van der Waals surface area (Å²) in [6, 6.07) is 2.21. The summed E-state index contributed by atoms with van der Waals surface area (Å²) in [6.07, 6.45) is -5.99. The highest BCUT2D eigenvalue weighted by atomic mass is 16.8. The Hall–Kier alpha value is -3.07. The number of rotatable bonds is 9. The van der Waals surface area contributed by atoms with E-state index in [1.165, 1.54) is 13.2 Å². The molecule has 3 rings (SSSR count). The van der Waals surface area contributed by atoms with Crippen molar-refractivity contribution >= 4 is 5.97 Å². The van der Waals surface area contributed by atoms with E-state index in [2.05, 4.69) is 6.58 Å². The van der Waals surface area contributed by atoms with Gasteiger partial charge in [0.15, 0.2) is 17.8 Å². The zero-order valence-electron chi connectivity index (χ0n) is 19.3. The number of aliphatic hydroxyl groups excluding tert-OH is 4. The van der Waals surface area contributed by atoms with Gasteiger partial charge in [0.05, 0.1) is 32.2 Å². The number of phenolic OH excluding ortho intramolecular Hbond substituents is 3. The van der Waals surface area contributed by atoms with E-state index in [1.54, 1.807) is 0 Å². The van der Waals surface area contributed by atoms with Gasteiger partial charge >= 0.3 is 5.97 Å². The van der Waals surface area contributed by atoms with E-state index in [4.69, 9.17) is 23.7 Å². The summed E-state index contributed by atoms with van der Waals surface area (Å²) in [4.78, 5) is 12.4. The van der Waals surface area contributed by atoms with Gasteiger partial charge in [-0.1, -0.05) is 6.08 Å². The number of methoxy groups -OCH3 is 1. The van der Waals surface area contributed by atoms with Gasteiger partial charge in [-0.15, -0.1) is 6.58 Å². The van der Waals surface area contributed by atoms with Crippen molar-refractivity contribution in [1.82, 2.24) is 0 Å². The molecule has 0 aliphatic carbocycles. The average Bonchev–Trinajstić information content (AvgIpc) is 2.87. The average molecular weight is 514 g/mol. The van der Waals surface area contributed by atoms with Gasteiger partial charge in [-0.2, -0.15) is 0 Å². The van der Waals surface area contributed by atoms with Crippen molar-refractivity contribution in [1.29, 1.82) is 0 Å². The number of ether oxygens (including phenoxy) is 5. The molecule has 0 bridgehead atoms. The topological polar surface area (TPSA) is 205 Å². The van der Waals surface area contributed by atoms with Crippen LogP contribution in [0.2, 0.25) is 0 Å². The predicted octanol–water partition coefficient (Wildman–Crippen LogP) is -0.780. The number of phenols is 3. The zero-order valence-corrected chi connectivity index (χ0v) is 19.3. The molecule has 0 radical (unpaired) electrons. The third-order valence-corrected chi connectivity index (χ3v) is 6.06. The second-order valence-electron chi connectivity index (χ2n) is 8.27. The van der Waals surface area contributed by atoms with E-state index >= 15 is 0 Å². The highest BCUT2D eigenvalue weighted by Gasteiger charge is 2.47. The van der Waals surface area contributed by atoms with Crippen molar-refractivity contribution in [2.45, 2.75) is 43.4 Å². The fourth-order valence-electron chi connectivity index (χ4n) is 4.06. The van der Waals surface area contributed by atoms with E-state index in [1.807, 2.05) is 0 Å². The van der Waals surface area contributed by atoms with Gasteiger partial charge in [0.1, 0.15) is 30.2 Å². The number of benzene rings is 1. The first-order valence-electron chi connectivity index (χ1n) is 11.0. The van der Waals surface area contributed by atoms with Crippen LogP contribution in [0.15, 0.2) is 36.6 Å². The van der Waals surface area contributed by atoms with Gasteiger partial charge in [-0.3, -0.25) is 0 Å². The van der Waals surface area contributed by atoms with E-state index in [9.17, 15) is 40.5 Å². The molecule has 2 heterocycles. The van der Waals surface area contributed by atoms with Gasteiger partial charge < -0.3 is 59.4 Å². The molecule has 0 amide bonds. The molecule has 0 saturated carbocycles. The highest BCUT2D eigenvalue weighted by molar-refractivity contribution is 5.88. The largest absolute Gasteiger partial charge is 0.504 e. The van der Waals surface area contributed by atoms with E-state index in [0.717, 1.165) is 18.4 Å². The Morgan fingerprint density at radius 2 is 1.75 bits per heavy atom. The molecule has 13 heteroatoms. The summed E-state index contributed by atoms with van der Waals surface area (Å²) < 4.78 is 27.0. The van der Waals surface area contributed by atoms with Gasteiger partial charge in [-0.25, -0.2) is 4.79 Å². The van der Waals surface area contributed by atoms with Crippen molar-refractivity contribution < 1.29 is 64.2 Å². The Bertz CT molecular complexity index is 938. The van der Waals surface area contributed by atoms with Crippen LogP contribution in [0.4, 0.5) is 0 Å². The van der Waals surface area contributed by atoms with Crippen LogP contribution in [0, 0.1) is 11.8 Å². The Morgan fingerprint density at radius 3 is 2.33 bits per heavy atom. The second kappa shape index (κ2) is 11.8.